The first kappa shape index (κ1) is 27.2. The van der Waals surface area contributed by atoms with Gasteiger partial charge in [-0.25, -0.2) is 14.5 Å². The summed E-state index contributed by atoms with van der Waals surface area (Å²) < 4.78 is 6.91. The van der Waals surface area contributed by atoms with Crippen molar-refractivity contribution in [2.45, 2.75) is 58.9 Å². The Morgan fingerprint density at radius 3 is 2.71 bits per heavy atom. The number of carbonyl (C=O) groups is 1. The van der Waals surface area contributed by atoms with E-state index in [4.69, 9.17) is 9.72 Å². The van der Waals surface area contributed by atoms with Gasteiger partial charge in [0.1, 0.15) is 5.56 Å². The van der Waals surface area contributed by atoms with E-state index in [9.17, 15) is 4.79 Å². The Labute approximate surface area is 242 Å². The summed E-state index contributed by atoms with van der Waals surface area (Å²) in [6.45, 7) is 10.4. The molecule has 1 saturated heterocycles. The minimum absolute atomic E-state index is 0.328. The summed E-state index contributed by atoms with van der Waals surface area (Å²) in [5, 5.41) is 7.96. The van der Waals surface area contributed by atoms with E-state index in [1.54, 1.807) is 23.4 Å². The number of piperidine rings is 1. The molecule has 2 aromatic heterocycles. The first-order valence-corrected chi connectivity index (χ1v) is 15.0. The van der Waals surface area contributed by atoms with Crippen LogP contribution in [0.1, 0.15) is 70.9 Å². The van der Waals surface area contributed by atoms with E-state index in [2.05, 4.69) is 64.7 Å². The van der Waals surface area contributed by atoms with Gasteiger partial charge in [0.25, 0.3) is 0 Å². The van der Waals surface area contributed by atoms with Gasteiger partial charge in [0.15, 0.2) is 5.82 Å². The number of rotatable bonds is 8. The molecule has 41 heavy (non-hydrogen) atoms. The van der Waals surface area contributed by atoms with E-state index >= 15 is 0 Å². The number of hydrogen-bond acceptors (Lipinski definition) is 6. The van der Waals surface area contributed by atoms with Gasteiger partial charge in [0.05, 0.1) is 24.2 Å². The standard InChI is InChI=1S/C34H39N5O2/c1-4-25-20-24(12-13-28(25)26-14-17-35-18-15-26)22-38-19-16-27-8-6-9-29(33(27)38)31-10-7-11-32(37-31)39-23(3)30(21-36-39)34(40)41-5-2/h6-13,20-21,26,35H,4-5,14-19,22H2,1-3H3. The van der Waals surface area contributed by atoms with Crippen molar-refractivity contribution in [2.24, 2.45) is 0 Å². The van der Waals surface area contributed by atoms with Gasteiger partial charge in [0, 0.05) is 24.3 Å². The van der Waals surface area contributed by atoms with Gasteiger partial charge in [-0.05, 0) is 92.9 Å². The zero-order valence-electron chi connectivity index (χ0n) is 24.3. The predicted octanol–water partition coefficient (Wildman–Crippen LogP) is 6.01. The summed E-state index contributed by atoms with van der Waals surface area (Å²) in [4.78, 5) is 19.9. The third-order valence-electron chi connectivity index (χ3n) is 8.56. The van der Waals surface area contributed by atoms with E-state index in [1.807, 2.05) is 19.1 Å². The molecule has 4 heterocycles. The van der Waals surface area contributed by atoms with Crippen molar-refractivity contribution in [3.8, 4) is 17.1 Å². The van der Waals surface area contributed by atoms with Gasteiger partial charge in [-0.2, -0.15) is 5.10 Å². The van der Waals surface area contributed by atoms with Crippen molar-refractivity contribution < 1.29 is 9.53 Å². The number of benzene rings is 2. The van der Waals surface area contributed by atoms with Crippen LogP contribution in [0.2, 0.25) is 0 Å². The molecule has 1 fully saturated rings. The van der Waals surface area contributed by atoms with Crippen LogP contribution in [0.4, 0.5) is 5.69 Å². The fourth-order valence-corrected chi connectivity index (χ4v) is 6.45. The predicted molar refractivity (Wildman–Crippen MR) is 163 cm³/mol. The van der Waals surface area contributed by atoms with Crippen LogP contribution >= 0.6 is 0 Å². The number of pyridine rings is 1. The molecule has 0 unspecified atom stereocenters. The normalized spacial score (nSPS) is 15.2. The lowest BCUT2D eigenvalue weighted by atomic mass is 9.85. The number of nitrogens with zero attached hydrogens (tertiary/aromatic N) is 4. The Balaban J connectivity index is 1.29. The number of esters is 1. The SMILES string of the molecule is CCOC(=O)c1cnn(-c2cccc(-c3cccc4c3N(Cc3ccc(C5CCNCC5)c(CC)c3)CC4)n2)c1C. The van der Waals surface area contributed by atoms with Gasteiger partial charge in [-0.1, -0.05) is 49.4 Å². The molecule has 2 aliphatic rings. The highest BCUT2D eigenvalue weighted by Gasteiger charge is 2.25. The molecular formula is C34H39N5O2. The lowest BCUT2D eigenvalue weighted by molar-refractivity contribution is 0.0525. The zero-order chi connectivity index (χ0) is 28.3. The fourth-order valence-electron chi connectivity index (χ4n) is 6.45. The summed E-state index contributed by atoms with van der Waals surface area (Å²) in [5.74, 6) is 0.988. The minimum Gasteiger partial charge on any atom is -0.462 e. The first-order valence-electron chi connectivity index (χ1n) is 15.0. The van der Waals surface area contributed by atoms with Crippen LogP contribution in [-0.4, -0.2) is 47.0 Å². The Morgan fingerprint density at radius 1 is 1.07 bits per heavy atom. The van der Waals surface area contributed by atoms with Crippen LogP contribution in [0, 0.1) is 6.92 Å². The second-order valence-electron chi connectivity index (χ2n) is 11.1. The van der Waals surface area contributed by atoms with Gasteiger partial charge >= 0.3 is 5.97 Å². The van der Waals surface area contributed by atoms with Crippen molar-refractivity contribution in [3.63, 3.8) is 0 Å². The average Bonchev–Trinajstić information content (AvgIpc) is 3.61. The third kappa shape index (κ3) is 5.38. The molecule has 0 spiro atoms. The molecule has 4 aromatic rings. The number of para-hydroxylation sites is 1. The number of ether oxygens (including phenoxy) is 1. The van der Waals surface area contributed by atoms with Crippen molar-refractivity contribution in [1.29, 1.82) is 0 Å². The van der Waals surface area contributed by atoms with E-state index in [1.165, 1.54) is 35.2 Å². The molecule has 0 radical (unpaired) electrons. The quantitative estimate of drug-likeness (QED) is 0.271. The van der Waals surface area contributed by atoms with Crippen molar-refractivity contribution in [2.75, 3.05) is 31.1 Å². The van der Waals surface area contributed by atoms with Gasteiger partial charge in [-0.15, -0.1) is 0 Å². The molecule has 6 rings (SSSR count). The second-order valence-corrected chi connectivity index (χ2v) is 11.1. The van der Waals surface area contributed by atoms with Crippen molar-refractivity contribution in [3.05, 3.63) is 94.3 Å². The van der Waals surface area contributed by atoms with Crippen LogP contribution in [-0.2, 0) is 24.1 Å². The van der Waals surface area contributed by atoms with E-state index in [0.29, 0.717) is 29.6 Å². The highest BCUT2D eigenvalue weighted by molar-refractivity contribution is 5.90. The molecule has 2 aromatic carbocycles. The number of hydrogen-bond donors (Lipinski definition) is 1. The Morgan fingerprint density at radius 2 is 1.90 bits per heavy atom. The summed E-state index contributed by atoms with van der Waals surface area (Å²) in [5.41, 5.74) is 10.2. The molecule has 1 N–H and O–H groups in total. The van der Waals surface area contributed by atoms with Crippen LogP contribution in [0.25, 0.3) is 17.1 Å². The second kappa shape index (κ2) is 11.9. The highest BCUT2D eigenvalue weighted by atomic mass is 16.5. The maximum absolute atomic E-state index is 12.3. The highest BCUT2D eigenvalue weighted by Crippen LogP contribution is 2.39. The smallest absolute Gasteiger partial charge is 0.341 e. The van der Waals surface area contributed by atoms with Crippen LogP contribution in [0.15, 0.2) is 60.8 Å². The Bertz CT molecular complexity index is 1550. The average molecular weight is 550 g/mol. The Hall–Kier alpha value is -3.97. The molecule has 0 bridgehead atoms. The first-order chi connectivity index (χ1) is 20.1. The number of carbonyl (C=O) groups excluding carboxylic acids is 1. The molecule has 212 valence electrons. The number of aromatic nitrogens is 3. The maximum Gasteiger partial charge on any atom is 0.341 e. The monoisotopic (exact) mass is 549 g/mol. The molecule has 2 aliphatic heterocycles. The molecule has 7 nitrogen and oxygen atoms in total. The summed E-state index contributed by atoms with van der Waals surface area (Å²) in [6, 6.07) is 19.7. The van der Waals surface area contributed by atoms with E-state index in [-0.39, 0.29) is 5.97 Å². The van der Waals surface area contributed by atoms with Gasteiger partial charge < -0.3 is 15.0 Å². The molecule has 7 heteroatoms. The van der Waals surface area contributed by atoms with Gasteiger partial charge in [-0.3, -0.25) is 0 Å². The van der Waals surface area contributed by atoms with E-state index in [0.717, 1.165) is 50.3 Å². The number of fused-ring (bicyclic) bond motifs is 1. The third-order valence-corrected chi connectivity index (χ3v) is 8.56. The summed E-state index contributed by atoms with van der Waals surface area (Å²) in [6.07, 6.45) is 6.10. The summed E-state index contributed by atoms with van der Waals surface area (Å²) >= 11 is 0. The number of nitrogens with one attached hydrogen (secondary N) is 1. The fraction of sp³-hybridized carbons (Fsp3) is 0.382. The van der Waals surface area contributed by atoms with Crippen LogP contribution in [0.5, 0.6) is 0 Å². The molecule has 0 amide bonds. The van der Waals surface area contributed by atoms with Crippen LogP contribution < -0.4 is 10.2 Å². The maximum atomic E-state index is 12.3. The van der Waals surface area contributed by atoms with Crippen molar-refractivity contribution in [1.82, 2.24) is 20.1 Å². The molecule has 0 atom stereocenters. The molecular weight excluding hydrogens is 510 g/mol. The zero-order valence-corrected chi connectivity index (χ0v) is 24.3. The van der Waals surface area contributed by atoms with Gasteiger partial charge in [0.2, 0.25) is 0 Å². The minimum atomic E-state index is -0.362. The number of aryl methyl sites for hydroxylation is 1. The molecule has 0 aliphatic carbocycles. The topological polar surface area (TPSA) is 72.3 Å². The number of anilines is 1. The summed E-state index contributed by atoms with van der Waals surface area (Å²) in [7, 11) is 0. The van der Waals surface area contributed by atoms with Crippen molar-refractivity contribution >= 4 is 11.7 Å². The van der Waals surface area contributed by atoms with Crippen LogP contribution in [0.3, 0.4) is 0 Å². The largest absolute Gasteiger partial charge is 0.462 e. The Kier molecular flexibility index (Phi) is 7.88. The van der Waals surface area contributed by atoms with E-state index < -0.39 is 0 Å². The lowest BCUT2D eigenvalue weighted by Crippen LogP contribution is -2.27. The molecule has 0 saturated carbocycles. The lowest BCUT2D eigenvalue weighted by Gasteiger charge is -2.26.